The van der Waals surface area contributed by atoms with Crippen LogP contribution in [0.2, 0.25) is 0 Å². The van der Waals surface area contributed by atoms with Crippen LogP contribution in [0.25, 0.3) is 22.0 Å². The Morgan fingerprint density at radius 2 is 1.93 bits per heavy atom. The Balaban J connectivity index is 1.62. The molecule has 1 N–H and O–H groups in total. The van der Waals surface area contributed by atoms with Crippen LogP contribution in [0.5, 0.6) is 0 Å². The summed E-state index contributed by atoms with van der Waals surface area (Å²) in [5, 5.41) is 4.46. The van der Waals surface area contributed by atoms with Crippen LogP contribution < -0.4 is 5.32 Å². The van der Waals surface area contributed by atoms with E-state index in [0.29, 0.717) is 12.6 Å². The highest BCUT2D eigenvalue weighted by Crippen LogP contribution is 2.30. The van der Waals surface area contributed by atoms with Gasteiger partial charge in [-0.2, -0.15) is 0 Å². The molecule has 0 atom stereocenters. The molecule has 0 spiro atoms. The first-order valence-corrected chi connectivity index (χ1v) is 9.96. The second-order valence-electron chi connectivity index (χ2n) is 7.52. The summed E-state index contributed by atoms with van der Waals surface area (Å²) in [6.45, 7) is 1.72. The number of benzene rings is 2. The Bertz CT molecular complexity index is 1090. The smallest absolute Gasteiger partial charge is 0.325 e. The number of rotatable bonds is 7. The molecule has 1 heterocycles. The van der Waals surface area contributed by atoms with Crippen molar-refractivity contribution in [2.24, 2.45) is 0 Å². The van der Waals surface area contributed by atoms with Crippen molar-refractivity contribution in [1.29, 1.82) is 0 Å². The minimum atomic E-state index is -0.438. The molecule has 1 saturated carbocycles. The van der Waals surface area contributed by atoms with Gasteiger partial charge in [0.05, 0.1) is 12.6 Å². The highest BCUT2D eigenvalue weighted by molar-refractivity contribution is 5.92. The van der Waals surface area contributed by atoms with Gasteiger partial charge in [0.25, 0.3) is 0 Å². The number of carbonyl (C=O) groups excluding carboxylic acids is 2. The highest BCUT2D eigenvalue weighted by atomic mass is 16.5. The van der Waals surface area contributed by atoms with Crippen molar-refractivity contribution in [3.63, 3.8) is 0 Å². The molecule has 30 heavy (non-hydrogen) atoms. The number of methoxy groups -OCH3 is 1. The van der Waals surface area contributed by atoms with Crippen LogP contribution >= 0.6 is 0 Å². The predicted molar refractivity (Wildman–Crippen MR) is 115 cm³/mol. The van der Waals surface area contributed by atoms with Crippen LogP contribution in [-0.4, -0.2) is 46.4 Å². The fourth-order valence-corrected chi connectivity index (χ4v) is 3.34. The van der Waals surface area contributed by atoms with E-state index in [0.717, 1.165) is 33.4 Å². The Hall–Kier alpha value is -3.48. The monoisotopic (exact) mass is 404 g/mol. The van der Waals surface area contributed by atoms with Gasteiger partial charge in [-0.1, -0.05) is 24.3 Å². The normalized spacial score (nSPS) is 13.1. The third kappa shape index (κ3) is 4.56. The first kappa shape index (κ1) is 19.8. The molecule has 1 aliphatic rings. The Morgan fingerprint density at radius 3 is 2.67 bits per heavy atom. The zero-order chi connectivity index (χ0) is 21.1. The van der Waals surface area contributed by atoms with E-state index in [4.69, 9.17) is 4.74 Å². The lowest BCUT2D eigenvalue weighted by molar-refractivity contribution is -0.146. The van der Waals surface area contributed by atoms with Gasteiger partial charge in [-0.15, -0.1) is 0 Å². The lowest BCUT2D eigenvalue weighted by Gasteiger charge is -2.20. The summed E-state index contributed by atoms with van der Waals surface area (Å²) in [5.74, 6) is 0.248. The van der Waals surface area contributed by atoms with Crippen molar-refractivity contribution < 1.29 is 14.3 Å². The second-order valence-corrected chi connectivity index (χ2v) is 7.52. The number of ether oxygens (including phenoxy) is 1. The Morgan fingerprint density at radius 1 is 1.13 bits per heavy atom. The van der Waals surface area contributed by atoms with Crippen LogP contribution in [0.1, 0.15) is 25.3 Å². The first-order valence-electron chi connectivity index (χ1n) is 9.96. The number of nitrogens with zero attached hydrogens (tertiary/aromatic N) is 3. The second kappa shape index (κ2) is 8.49. The van der Waals surface area contributed by atoms with Crippen molar-refractivity contribution in [2.45, 2.75) is 32.4 Å². The summed E-state index contributed by atoms with van der Waals surface area (Å²) < 4.78 is 4.69. The van der Waals surface area contributed by atoms with Gasteiger partial charge in [0.1, 0.15) is 18.7 Å². The third-order valence-corrected chi connectivity index (χ3v) is 5.18. The van der Waals surface area contributed by atoms with Gasteiger partial charge in [-0.05, 0) is 47.7 Å². The van der Waals surface area contributed by atoms with Gasteiger partial charge in [0.15, 0.2) is 0 Å². The van der Waals surface area contributed by atoms with Crippen molar-refractivity contribution in [3.05, 3.63) is 54.4 Å². The fourth-order valence-electron chi connectivity index (χ4n) is 3.34. The van der Waals surface area contributed by atoms with E-state index in [1.807, 2.05) is 36.4 Å². The average molecular weight is 404 g/mol. The quantitative estimate of drug-likeness (QED) is 0.608. The van der Waals surface area contributed by atoms with Gasteiger partial charge in [-0.3, -0.25) is 9.59 Å². The van der Waals surface area contributed by atoms with Gasteiger partial charge in [0.2, 0.25) is 5.91 Å². The van der Waals surface area contributed by atoms with Crippen LogP contribution in [0.15, 0.2) is 48.8 Å². The lowest BCUT2D eigenvalue weighted by atomic mass is 10.0. The molecule has 1 amide bonds. The number of amides is 1. The molecule has 1 fully saturated rings. The minimum absolute atomic E-state index is 0.0699. The number of carbonyl (C=O) groups is 2. The van der Waals surface area contributed by atoms with Crippen molar-refractivity contribution in [3.8, 4) is 11.1 Å². The molecule has 4 rings (SSSR count). The maximum absolute atomic E-state index is 11.9. The predicted octanol–water partition coefficient (Wildman–Crippen LogP) is 3.39. The zero-order valence-corrected chi connectivity index (χ0v) is 17.1. The fraction of sp³-hybridized carbons (Fsp3) is 0.304. The van der Waals surface area contributed by atoms with E-state index >= 15 is 0 Å². The van der Waals surface area contributed by atoms with Gasteiger partial charge >= 0.3 is 5.97 Å². The number of esters is 1. The van der Waals surface area contributed by atoms with Crippen molar-refractivity contribution in [1.82, 2.24) is 14.9 Å². The van der Waals surface area contributed by atoms with Crippen molar-refractivity contribution in [2.75, 3.05) is 19.0 Å². The largest absolute Gasteiger partial charge is 0.468 e. The molecule has 1 aromatic heterocycles. The highest BCUT2D eigenvalue weighted by Gasteiger charge is 2.22. The van der Waals surface area contributed by atoms with Gasteiger partial charge in [0, 0.05) is 24.9 Å². The molecule has 0 aliphatic heterocycles. The van der Waals surface area contributed by atoms with E-state index in [1.165, 1.54) is 31.8 Å². The number of aromatic nitrogens is 2. The average Bonchev–Trinajstić information content (AvgIpc) is 3.57. The molecule has 3 aromatic rings. The molecule has 0 bridgehead atoms. The third-order valence-electron chi connectivity index (χ3n) is 5.18. The standard InChI is InChI=1S/C23H24N4O3/c1-15(28)27(13-22(29)30-2)12-16-4-3-5-17(10-16)18-6-9-21-20(11-18)23(25-14-24-21)26-19-7-8-19/h3-6,9-11,14,19H,7-8,12-13H2,1-2H3,(H,24,25,26). The summed E-state index contributed by atoms with van der Waals surface area (Å²) in [6, 6.07) is 14.6. The molecule has 0 saturated heterocycles. The van der Waals surface area contributed by atoms with Gasteiger partial charge in [-0.25, -0.2) is 9.97 Å². The van der Waals surface area contributed by atoms with Crippen LogP contribution in [0.4, 0.5) is 5.82 Å². The summed E-state index contributed by atoms with van der Waals surface area (Å²) in [5.41, 5.74) is 3.90. The summed E-state index contributed by atoms with van der Waals surface area (Å²) >= 11 is 0. The van der Waals surface area contributed by atoms with Crippen molar-refractivity contribution >= 4 is 28.6 Å². The Kier molecular flexibility index (Phi) is 5.61. The minimum Gasteiger partial charge on any atom is -0.468 e. The molecular weight excluding hydrogens is 380 g/mol. The zero-order valence-electron chi connectivity index (χ0n) is 17.1. The maximum Gasteiger partial charge on any atom is 0.325 e. The SMILES string of the molecule is COC(=O)CN(Cc1cccc(-c2ccc3ncnc(NC4CC4)c3c2)c1)C(C)=O. The van der Waals surface area contributed by atoms with Crippen LogP contribution in [0.3, 0.4) is 0 Å². The summed E-state index contributed by atoms with van der Waals surface area (Å²) in [4.78, 5) is 33.8. The molecule has 0 unspecified atom stereocenters. The lowest BCUT2D eigenvalue weighted by Crippen LogP contribution is -2.34. The molecule has 7 heteroatoms. The number of fused-ring (bicyclic) bond motifs is 1. The first-order chi connectivity index (χ1) is 14.5. The molecule has 154 valence electrons. The van der Waals surface area contributed by atoms with E-state index in [-0.39, 0.29) is 12.5 Å². The van der Waals surface area contributed by atoms with E-state index < -0.39 is 5.97 Å². The van der Waals surface area contributed by atoms with Crippen LogP contribution in [0, 0.1) is 0 Å². The van der Waals surface area contributed by atoms with E-state index in [2.05, 4.69) is 21.4 Å². The van der Waals surface area contributed by atoms with E-state index in [1.54, 1.807) is 6.33 Å². The topological polar surface area (TPSA) is 84.4 Å². The summed E-state index contributed by atoms with van der Waals surface area (Å²) in [7, 11) is 1.32. The van der Waals surface area contributed by atoms with Gasteiger partial charge < -0.3 is 15.0 Å². The number of hydrogen-bond acceptors (Lipinski definition) is 6. The maximum atomic E-state index is 11.9. The molecule has 2 aromatic carbocycles. The molecular formula is C23H24N4O3. The number of anilines is 1. The molecule has 1 aliphatic carbocycles. The molecule has 0 radical (unpaired) electrons. The number of hydrogen-bond donors (Lipinski definition) is 1. The molecule has 7 nitrogen and oxygen atoms in total. The Labute approximate surface area is 175 Å². The van der Waals surface area contributed by atoms with Crippen LogP contribution in [-0.2, 0) is 20.9 Å². The van der Waals surface area contributed by atoms with E-state index in [9.17, 15) is 9.59 Å². The number of nitrogens with one attached hydrogen (secondary N) is 1. The summed E-state index contributed by atoms with van der Waals surface area (Å²) in [6.07, 6.45) is 3.93.